The maximum atomic E-state index is 9.31. The number of nitrogens with zero attached hydrogens (tertiary/aromatic N) is 3. The van der Waals surface area contributed by atoms with Crippen LogP contribution in [0.5, 0.6) is 0 Å². The molecule has 1 aliphatic heterocycles. The minimum Gasteiger partial charge on any atom is -0.419 e. The van der Waals surface area contributed by atoms with Gasteiger partial charge < -0.3 is 14.2 Å². The first-order chi connectivity index (χ1) is 10.2. The Morgan fingerprint density at radius 2 is 2.10 bits per heavy atom. The third-order valence-electron chi connectivity index (χ3n) is 3.88. The van der Waals surface area contributed by atoms with Crippen LogP contribution in [-0.2, 0) is 0 Å². The van der Waals surface area contributed by atoms with Gasteiger partial charge in [-0.2, -0.15) is 10.2 Å². The number of hydrogen-bond donors (Lipinski definition) is 1. The number of piperazine rings is 1. The first kappa shape index (κ1) is 13.7. The van der Waals surface area contributed by atoms with Crippen molar-refractivity contribution < 1.29 is 9.32 Å². The highest BCUT2D eigenvalue weighted by molar-refractivity contribution is 5.60. The lowest BCUT2D eigenvalue weighted by Gasteiger charge is -2.29. The minimum atomic E-state index is 0.381. The van der Waals surface area contributed by atoms with Crippen LogP contribution < -0.4 is 9.80 Å². The molecule has 2 heterocycles. The summed E-state index contributed by atoms with van der Waals surface area (Å²) in [5.74, 6) is 1.14. The van der Waals surface area contributed by atoms with E-state index in [1.165, 1.54) is 4.90 Å². The van der Waals surface area contributed by atoms with E-state index in [9.17, 15) is 5.26 Å². The number of likely N-dealkylation sites (N-methyl/N-ethyl adjacent to an activating group) is 1. The van der Waals surface area contributed by atoms with Crippen LogP contribution in [0.2, 0.25) is 0 Å². The molecule has 5 nitrogen and oxygen atoms in total. The molecule has 2 aromatic rings. The van der Waals surface area contributed by atoms with Crippen molar-refractivity contribution >= 4 is 5.88 Å². The summed E-state index contributed by atoms with van der Waals surface area (Å²) in [5.41, 5.74) is 2.44. The summed E-state index contributed by atoms with van der Waals surface area (Å²) < 4.78 is 5.90. The maximum Gasteiger partial charge on any atom is 0.235 e. The average molecular weight is 283 g/mol. The molecule has 0 unspecified atom stereocenters. The standard InChI is InChI=1S/C16H18N4O/c1-12-4-3-5-13(10-12)15-18-14(11-17)16(21-15)20-8-6-19(2)7-9-20/h3-5,10H,6-9H2,1-2H3/p+1. The van der Waals surface area contributed by atoms with Gasteiger partial charge in [0.05, 0.1) is 33.2 Å². The van der Waals surface area contributed by atoms with E-state index in [1.807, 2.05) is 31.2 Å². The largest absolute Gasteiger partial charge is 0.419 e. The molecule has 1 saturated heterocycles. The van der Waals surface area contributed by atoms with Gasteiger partial charge in [0, 0.05) is 5.56 Å². The van der Waals surface area contributed by atoms with Gasteiger partial charge in [-0.05, 0) is 19.1 Å². The quantitative estimate of drug-likeness (QED) is 0.888. The second-order valence-corrected chi connectivity index (χ2v) is 5.60. The second-order valence-electron chi connectivity index (χ2n) is 5.60. The second kappa shape index (κ2) is 5.58. The number of hydrogen-bond acceptors (Lipinski definition) is 4. The molecule has 1 N–H and O–H groups in total. The van der Waals surface area contributed by atoms with Gasteiger partial charge in [-0.1, -0.05) is 17.7 Å². The summed E-state index contributed by atoms with van der Waals surface area (Å²) in [4.78, 5) is 7.98. The van der Waals surface area contributed by atoms with Crippen LogP contribution >= 0.6 is 0 Å². The number of oxazole rings is 1. The van der Waals surface area contributed by atoms with E-state index in [-0.39, 0.29) is 0 Å². The summed E-state index contributed by atoms with van der Waals surface area (Å²) in [6.07, 6.45) is 0. The van der Waals surface area contributed by atoms with Gasteiger partial charge in [0.25, 0.3) is 0 Å². The molecule has 0 atom stereocenters. The van der Waals surface area contributed by atoms with Crippen molar-refractivity contribution in [3.63, 3.8) is 0 Å². The fourth-order valence-electron chi connectivity index (χ4n) is 2.59. The zero-order valence-corrected chi connectivity index (χ0v) is 12.4. The molecule has 0 radical (unpaired) electrons. The average Bonchev–Trinajstić information content (AvgIpc) is 2.92. The Hall–Kier alpha value is -2.32. The summed E-state index contributed by atoms with van der Waals surface area (Å²) in [7, 11) is 2.18. The molecule has 1 aliphatic rings. The molecule has 5 heteroatoms. The van der Waals surface area contributed by atoms with Crippen molar-refractivity contribution in [3.05, 3.63) is 35.5 Å². The van der Waals surface area contributed by atoms with Gasteiger partial charge in [0.2, 0.25) is 17.5 Å². The molecule has 0 spiro atoms. The molecule has 108 valence electrons. The topological polar surface area (TPSA) is 57.5 Å². The number of aromatic nitrogens is 1. The summed E-state index contributed by atoms with van der Waals surface area (Å²) in [5, 5.41) is 9.31. The number of anilines is 1. The number of quaternary nitrogens is 1. The third-order valence-corrected chi connectivity index (χ3v) is 3.88. The van der Waals surface area contributed by atoms with E-state index >= 15 is 0 Å². The summed E-state index contributed by atoms with van der Waals surface area (Å²) >= 11 is 0. The van der Waals surface area contributed by atoms with Crippen molar-refractivity contribution in [2.24, 2.45) is 0 Å². The van der Waals surface area contributed by atoms with Gasteiger partial charge in [0.1, 0.15) is 6.07 Å². The van der Waals surface area contributed by atoms with Gasteiger partial charge in [-0.15, -0.1) is 0 Å². The third kappa shape index (κ3) is 2.76. The summed E-state index contributed by atoms with van der Waals surface area (Å²) in [6.45, 7) is 5.91. The van der Waals surface area contributed by atoms with E-state index in [0.29, 0.717) is 17.5 Å². The Bertz CT molecular complexity index is 678. The molecule has 3 rings (SSSR count). The Kier molecular flexibility index (Phi) is 3.63. The zero-order valence-electron chi connectivity index (χ0n) is 12.4. The number of nitriles is 1. The van der Waals surface area contributed by atoms with E-state index in [2.05, 4.69) is 23.0 Å². The normalized spacial score (nSPS) is 16.0. The minimum absolute atomic E-state index is 0.381. The van der Waals surface area contributed by atoms with Crippen molar-refractivity contribution in [1.82, 2.24) is 4.98 Å². The highest BCUT2D eigenvalue weighted by Gasteiger charge is 2.24. The first-order valence-electron chi connectivity index (χ1n) is 7.21. The number of nitrogens with one attached hydrogen (secondary N) is 1. The monoisotopic (exact) mass is 283 g/mol. The molecule has 1 aromatic heterocycles. The van der Waals surface area contributed by atoms with Crippen LogP contribution in [0, 0.1) is 18.3 Å². The highest BCUT2D eigenvalue weighted by atomic mass is 16.4. The van der Waals surface area contributed by atoms with E-state index < -0.39 is 0 Å². The summed E-state index contributed by atoms with van der Waals surface area (Å²) in [6, 6.07) is 10.1. The van der Waals surface area contributed by atoms with Crippen LogP contribution in [0.1, 0.15) is 11.3 Å². The molecule has 1 aromatic carbocycles. The molecule has 0 aliphatic carbocycles. The van der Waals surface area contributed by atoms with Crippen LogP contribution in [0.4, 0.5) is 5.88 Å². The Balaban J connectivity index is 1.94. The predicted octanol–water partition coefficient (Wildman–Crippen LogP) is 0.856. The van der Waals surface area contributed by atoms with E-state index in [4.69, 9.17) is 4.42 Å². The molecule has 21 heavy (non-hydrogen) atoms. The fraction of sp³-hybridized carbons (Fsp3) is 0.375. The number of rotatable bonds is 2. The van der Waals surface area contributed by atoms with E-state index in [1.54, 1.807) is 0 Å². The lowest BCUT2D eigenvalue weighted by Crippen LogP contribution is -3.12. The van der Waals surface area contributed by atoms with Gasteiger partial charge in [-0.25, -0.2) is 0 Å². The zero-order chi connectivity index (χ0) is 14.8. The molecule has 0 amide bonds. The highest BCUT2D eigenvalue weighted by Crippen LogP contribution is 2.28. The van der Waals surface area contributed by atoms with Gasteiger partial charge >= 0.3 is 0 Å². The van der Waals surface area contributed by atoms with Crippen molar-refractivity contribution in [2.75, 3.05) is 38.1 Å². The Morgan fingerprint density at radius 1 is 1.33 bits per heavy atom. The molecular formula is C16H19N4O+. The molecular weight excluding hydrogens is 264 g/mol. The van der Waals surface area contributed by atoms with Crippen molar-refractivity contribution in [2.45, 2.75) is 6.92 Å². The Labute approximate surface area is 124 Å². The lowest BCUT2D eigenvalue weighted by molar-refractivity contribution is -0.880. The van der Waals surface area contributed by atoms with Crippen LogP contribution in [0.15, 0.2) is 28.7 Å². The number of benzene rings is 1. The molecule has 0 bridgehead atoms. The number of aryl methyl sites for hydroxylation is 1. The van der Waals surface area contributed by atoms with Gasteiger partial charge in [0.15, 0.2) is 0 Å². The first-order valence-corrected chi connectivity index (χ1v) is 7.21. The molecule has 0 saturated carbocycles. The SMILES string of the molecule is Cc1cccc(-c2nc(C#N)c(N3CC[NH+](C)CC3)o2)c1. The van der Waals surface area contributed by atoms with Crippen LogP contribution in [0.3, 0.4) is 0 Å². The smallest absolute Gasteiger partial charge is 0.235 e. The van der Waals surface area contributed by atoms with Crippen LogP contribution in [-0.4, -0.2) is 38.2 Å². The van der Waals surface area contributed by atoms with Gasteiger partial charge in [-0.3, -0.25) is 0 Å². The predicted molar refractivity (Wildman–Crippen MR) is 80.2 cm³/mol. The van der Waals surface area contributed by atoms with Crippen LogP contribution in [0.25, 0.3) is 11.5 Å². The van der Waals surface area contributed by atoms with E-state index in [0.717, 1.165) is 37.3 Å². The van der Waals surface area contributed by atoms with Crippen molar-refractivity contribution in [1.29, 1.82) is 5.26 Å². The van der Waals surface area contributed by atoms with Crippen molar-refractivity contribution in [3.8, 4) is 17.5 Å². The lowest BCUT2D eigenvalue weighted by atomic mass is 10.1. The maximum absolute atomic E-state index is 9.31. The molecule has 1 fully saturated rings. The fourth-order valence-corrected chi connectivity index (χ4v) is 2.59. The Morgan fingerprint density at radius 3 is 2.76 bits per heavy atom.